The lowest BCUT2D eigenvalue weighted by molar-refractivity contribution is 0.0226. The van der Waals surface area contributed by atoms with Gasteiger partial charge in [-0.25, -0.2) is 0 Å². The molecular formula is C16H22BN3O. The number of benzene rings is 1. The maximum absolute atomic E-state index is 5.81. The fraction of sp³-hybridized carbons (Fsp3) is 0.500. The second kappa shape index (κ2) is 7.98. The number of hydrogen-bond acceptors (Lipinski definition) is 4. The van der Waals surface area contributed by atoms with E-state index in [2.05, 4.69) is 10.1 Å². The summed E-state index contributed by atoms with van der Waals surface area (Å²) in [4.78, 5) is 4.44. The van der Waals surface area contributed by atoms with Gasteiger partial charge in [0.15, 0.2) is 0 Å². The van der Waals surface area contributed by atoms with Crippen LogP contribution in [-0.4, -0.2) is 39.0 Å². The van der Waals surface area contributed by atoms with Gasteiger partial charge >= 0.3 is 0 Å². The van der Waals surface area contributed by atoms with Crippen LogP contribution in [0.1, 0.15) is 37.7 Å². The summed E-state index contributed by atoms with van der Waals surface area (Å²) in [6.07, 6.45) is 5.44. The zero-order valence-electron chi connectivity index (χ0n) is 12.5. The largest absolute Gasteiger partial charge is 0.376 e. The summed E-state index contributed by atoms with van der Waals surface area (Å²) in [5.41, 5.74) is 2.57. The van der Waals surface area contributed by atoms with Gasteiger partial charge in [-0.2, -0.15) is 5.10 Å². The molecule has 110 valence electrons. The second-order valence-corrected chi connectivity index (χ2v) is 5.43. The average Bonchev–Trinajstić information content (AvgIpc) is 2.52. The van der Waals surface area contributed by atoms with Crippen LogP contribution in [-0.2, 0) is 4.74 Å². The minimum atomic E-state index is 0.0644. The number of nitrogens with zero attached hydrogens (tertiary/aromatic N) is 2. The van der Waals surface area contributed by atoms with Crippen molar-refractivity contribution < 1.29 is 4.74 Å². The average molecular weight is 283 g/mol. The molecular weight excluding hydrogens is 261 g/mol. The van der Waals surface area contributed by atoms with Crippen molar-refractivity contribution in [2.75, 3.05) is 13.2 Å². The van der Waals surface area contributed by atoms with Gasteiger partial charge in [0.1, 0.15) is 7.85 Å². The van der Waals surface area contributed by atoms with Crippen molar-refractivity contribution in [3.63, 3.8) is 0 Å². The van der Waals surface area contributed by atoms with Crippen LogP contribution in [0.2, 0.25) is 0 Å². The fourth-order valence-electron chi connectivity index (χ4n) is 2.47. The summed E-state index contributed by atoms with van der Waals surface area (Å²) >= 11 is 0. The van der Waals surface area contributed by atoms with Gasteiger partial charge in [-0.1, -0.05) is 36.7 Å². The van der Waals surface area contributed by atoms with E-state index in [0.29, 0.717) is 6.54 Å². The Labute approximate surface area is 127 Å². The first-order valence-electron chi connectivity index (χ1n) is 7.45. The molecule has 1 saturated heterocycles. The summed E-state index contributed by atoms with van der Waals surface area (Å²) in [5.74, 6) is 5.57. The molecule has 1 heterocycles. The molecule has 2 unspecified atom stereocenters. The molecule has 2 N–H and O–H groups in total. The fourth-order valence-corrected chi connectivity index (χ4v) is 2.47. The second-order valence-electron chi connectivity index (χ2n) is 5.43. The zero-order valence-corrected chi connectivity index (χ0v) is 12.5. The number of nitrogens with two attached hydrogens (primary N) is 1. The highest BCUT2D eigenvalue weighted by atomic mass is 16.5. The molecule has 5 heteroatoms. The first-order valence-corrected chi connectivity index (χ1v) is 7.45. The van der Waals surface area contributed by atoms with Crippen molar-refractivity contribution >= 4 is 25.2 Å². The highest BCUT2D eigenvalue weighted by Gasteiger charge is 2.14. The molecule has 1 aliphatic rings. The Morgan fingerprint density at radius 1 is 1.52 bits per heavy atom. The Morgan fingerprint density at radius 2 is 2.38 bits per heavy atom. The normalized spacial score (nSPS) is 21.6. The number of hydrogen-bond donors (Lipinski definition) is 1. The van der Waals surface area contributed by atoms with E-state index >= 15 is 0 Å². The van der Waals surface area contributed by atoms with Crippen LogP contribution in [0.25, 0.3) is 0 Å². The Kier molecular flexibility index (Phi) is 5.99. The summed E-state index contributed by atoms with van der Waals surface area (Å²) in [6.45, 7) is 3.56. The lowest BCUT2D eigenvalue weighted by atomic mass is 9.89. The van der Waals surface area contributed by atoms with Gasteiger partial charge in [0.05, 0.1) is 18.4 Å². The minimum absolute atomic E-state index is 0.0644. The van der Waals surface area contributed by atoms with E-state index in [-0.39, 0.29) is 12.0 Å². The van der Waals surface area contributed by atoms with Crippen LogP contribution < -0.4 is 11.3 Å². The summed E-state index contributed by atoms with van der Waals surface area (Å²) in [6, 6.07) is 7.75. The standard InChI is InChI=1S/C16H22BN3O/c1-12(13-5-4-6-14(17)9-13)16(20-18)11-19-10-15-7-2-3-8-21-15/h4-6,9,11-12,15H,2-3,7-8,10,18H2,1H3/b19-11?,20-16+. The van der Waals surface area contributed by atoms with Gasteiger partial charge in [-0.3, -0.25) is 4.99 Å². The van der Waals surface area contributed by atoms with Gasteiger partial charge in [-0.15, -0.1) is 0 Å². The van der Waals surface area contributed by atoms with Crippen molar-refractivity contribution in [3.8, 4) is 0 Å². The maximum atomic E-state index is 5.81. The van der Waals surface area contributed by atoms with E-state index in [1.807, 2.05) is 31.2 Å². The molecule has 0 saturated carbocycles. The smallest absolute Gasteiger partial charge is 0.113 e. The summed E-state index contributed by atoms with van der Waals surface area (Å²) < 4.78 is 5.65. The molecule has 2 radical (unpaired) electrons. The Bertz CT molecular complexity index is 510. The molecule has 1 aliphatic heterocycles. The topological polar surface area (TPSA) is 60.0 Å². The monoisotopic (exact) mass is 283 g/mol. The molecule has 21 heavy (non-hydrogen) atoms. The number of hydrazone groups is 1. The maximum Gasteiger partial charge on any atom is 0.113 e. The molecule has 0 amide bonds. The van der Waals surface area contributed by atoms with Crippen LogP contribution in [0.15, 0.2) is 34.4 Å². The van der Waals surface area contributed by atoms with E-state index in [1.165, 1.54) is 6.42 Å². The molecule has 2 atom stereocenters. The molecule has 0 bridgehead atoms. The third kappa shape index (κ3) is 4.71. The molecule has 1 aromatic carbocycles. The number of rotatable bonds is 5. The van der Waals surface area contributed by atoms with E-state index in [4.69, 9.17) is 18.4 Å². The highest BCUT2D eigenvalue weighted by Crippen LogP contribution is 2.15. The van der Waals surface area contributed by atoms with Crippen LogP contribution in [0, 0.1) is 0 Å². The minimum Gasteiger partial charge on any atom is -0.376 e. The van der Waals surface area contributed by atoms with Gasteiger partial charge in [0.25, 0.3) is 0 Å². The molecule has 0 aromatic heterocycles. The Hall–Kier alpha value is -1.62. The predicted octanol–water partition coefficient (Wildman–Crippen LogP) is 1.54. The van der Waals surface area contributed by atoms with Gasteiger partial charge in [-0.05, 0) is 24.8 Å². The Morgan fingerprint density at radius 3 is 3.05 bits per heavy atom. The number of ether oxygens (including phenoxy) is 1. The lowest BCUT2D eigenvalue weighted by Gasteiger charge is -2.20. The third-order valence-corrected chi connectivity index (χ3v) is 3.81. The summed E-state index contributed by atoms with van der Waals surface area (Å²) in [7, 11) is 5.81. The molecule has 0 spiro atoms. The number of aliphatic imine (C=N–C) groups is 1. The zero-order chi connectivity index (χ0) is 15.1. The molecule has 4 nitrogen and oxygen atoms in total. The van der Waals surface area contributed by atoms with E-state index in [1.54, 1.807) is 6.21 Å². The Balaban J connectivity index is 1.95. The first-order chi connectivity index (χ1) is 10.2. The summed E-state index contributed by atoms with van der Waals surface area (Å²) in [5, 5.41) is 3.86. The first kappa shape index (κ1) is 15.8. The van der Waals surface area contributed by atoms with Gasteiger partial charge < -0.3 is 10.6 Å². The van der Waals surface area contributed by atoms with Crippen LogP contribution in [0.3, 0.4) is 0 Å². The predicted molar refractivity (Wildman–Crippen MR) is 88.8 cm³/mol. The van der Waals surface area contributed by atoms with E-state index in [9.17, 15) is 0 Å². The van der Waals surface area contributed by atoms with E-state index < -0.39 is 0 Å². The van der Waals surface area contributed by atoms with Crippen molar-refractivity contribution in [2.45, 2.75) is 38.2 Å². The molecule has 1 fully saturated rings. The molecule has 0 aliphatic carbocycles. The third-order valence-electron chi connectivity index (χ3n) is 3.81. The van der Waals surface area contributed by atoms with Crippen molar-refractivity contribution in [1.29, 1.82) is 0 Å². The van der Waals surface area contributed by atoms with Crippen LogP contribution in [0.4, 0.5) is 0 Å². The van der Waals surface area contributed by atoms with Gasteiger partial charge in [0, 0.05) is 18.7 Å². The van der Waals surface area contributed by atoms with Crippen molar-refractivity contribution in [1.82, 2.24) is 0 Å². The van der Waals surface area contributed by atoms with Crippen LogP contribution in [0.5, 0.6) is 0 Å². The molecule has 2 rings (SSSR count). The van der Waals surface area contributed by atoms with E-state index in [0.717, 1.165) is 36.2 Å². The molecule has 1 aromatic rings. The lowest BCUT2D eigenvalue weighted by Crippen LogP contribution is -2.22. The van der Waals surface area contributed by atoms with Crippen molar-refractivity contribution in [2.24, 2.45) is 15.9 Å². The van der Waals surface area contributed by atoms with Crippen molar-refractivity contribution in [3.05, 3.63) is 29.8 Å². The van der Waals surface area contributed by atoms with Crippen LogP contribution >= 0.6 is 0 Å². The quantitative estimate of drug-likeness (QED) is 0.385. The van der Waals surface area contributed by atoms with Gasteiger partial charge in [0.2, 0.25) is 0 Å². The SMILES string of the molecule is [B]c1cccc(C(C)/C(C=NCC2CCCCO2)=N/N)c1. The highest BCUT2D eigenvalue weighted by molar-refractivity contribution is 6.34.